The third-order valence-electron chi connectivity index (χ3n) is 4.98. The van der Waals surface area contributed by atoms with Crippen molar-refractivity contribution in [2.45, 2.75) is 73.5 Å². The molecule has 1 saturated carbocycles. The smallest absolute Gasteiger partial charge is 0.416 e. The van der Waals surface area contributed by atoms with E-state index in [1.54, 1.807) is 26.8 Å². The zero-order chi connectivity index (χ0) is 23.0. The Bertz CT molecular complexity index is 904. The fourth-order valence-corrected chi connectivity index (χ4v) is 4.55. The molecular formula is C21H24F3N3O3S. The summed E-state index contributed by atoms with van der Waals surface area (Å²) in [7, 11) is 0. The largest absolute Gasteiger partial charge is 0.444 e. The van der Waals surface area contributed by atoms with Gasteiger partial charge in [0, 0.05) is 16.7 Å². The number of benzene rings is 1. The minimum Gasteiger partial charge on any atom is -0.444 e. The molecule has 0 spiro atoms. The van der Waals surface area contributed by atoms with Crippen LogP contribution >= 0.6 is 11.8 Å². The molecule has 168 valence electrons. The molecule has 1 heterocycles. The standard InChI is InChI=1S/C21H24F3N3O3S/c1-19(2,3)30-18(29)27-11-15(10-16(27)17(28)26-20(12-25)7-8-20)31-14-6-4-5-13(9-14)21(22,23)24/h4-6,9,15-16H,7-8,10-11H2,1-3H3,(H,26,28)/t15-,16+/m1/s1. The van der Waals surface area contributed by atoms with Gasteiger partial charge in [0.15, 0.2) is 0 Å². The van der Waals surface area contributed by atoms with E-state index in [1.807, 2.05) is 0 Å². The first-order valence-electron chi connectivity index (χ1n) is 9.89. The van der Waals surface area contributed by atoms with Crippen LogP contribution in [0.4, 0.5) is 18.0 Å². The summed E-state index contributed by atoms with van der Waals surface area (Å²) in [5.41, 5.74) is -2.41. The minimum absolute atomic E-state index is 0.146. The van der Waals surface area contributed by atoms with Gasteiger partial charge in [-0.2, -0.15) is 18.4 Å². The summed E-state index contributed by atoms with van der Waals surface area (Å²) in [6, 6.07) is 6.19. The zero-order valence-corrected chi connectivity index (χ0v) is 18.3. The van der Waals surface area contributed by atoms with Gasteiger partial charge in [-0.25, -0.2) is 4.79 Å². The van der Waals surface area contributed by atoms with Crippen molar-refractivity contribution in [3.8, 4) is 6.07 Å². The van der Waals surface area contributed by atoms with E-state index in [9.17, 15) is 28.0 Å². The average molecular weight is 456 g/mol. The van der Waals surface area contributed by atoms with Crippen LogP contribution in [-0.4, -0.2) is 45.9 Å². The third kappa shape index (κ3) is 5.85. The van der Waals surface area contributed by atoms with Crippen LogP contribution in [0.15, 0.2) is 29.2 Å². The first-order valence-corrected chi connectivity index (χ1v) is 10.8. The van der Waals surface area contributed by atoms with Gasteiger partial charge in [0.25, 0.3) is 0 Å². The van der Waals surface area contributed by atoms with Crippen LogP contribution in [0.1, 0.15) is 45.6 Å². The van der Waals surface area contributed by atoms with Crippen LogP contribution in [0.5, 0.6) is 0 Å². The molecule has 2 aliphatic rings. The minimum atomic E-state index is -4.45. The van der Waals surface area contributed by atoms with E-state index >= 15 is 0 Å². The highest BCUT2D eigenvalue weighted by atomic mass is 32.2. The molecule has 0 unspecified atom stereocenters. The van der Waals surface area contributed by atoms with Gasteiger partial charge in [-0.1, -0.05) is 6.07 Å². The molecule has 10 heteroatoms. The Balaban J connectivity index is 1.77. The second-order valence-electron chi connectivity index (χ2n) is 8.83. The van der Waals surface area contributed by atoms with Crippen molar-refractivity contribution in [1.29, 1.82) is 5.26 Å². The molecule has 1 aromatic rings. The number of hydrogen-bond acceptors (Lipinski definition) is 5. The quantitative estimate of drug-likeness (QED) is 0.730. The van der Waals surface area contributed by atoms with E-state index in [4.69, 9.17) is 4.74 Å². The Kier molecular flexibility index (Phi) is 6.20. The number of carbonyl (C=O) groups is 2. The summed E-state index contributed by atoms with van der Waals surface area (Å²) in [6.45, 7) is 5.27. The van der Waals surface area contributed by atoms with Gasteiger partial charge in [-0.3, -0.25) is 9.69 Å². The number of rotatable bonds is 4. The lowest BCUT2D eigenvalue weighted by molar-refractivity contribution is -0.137. The highest BCUT2D eigenvalue weighted by Crippen LogP contribution is 2.38. The number of nitriles is 1. The van der Waals surface area contributed by atoms with Gasteiger partial charge in [0.1, 0.15) is 17.2 Å². The molecular weight excluding hydrogens is 431 g/mol. The van der Waals surface area contributed by atoms with Crippen molar-refractivity contribution in [3.05, 3.63) is 29.8 Å². The molecule has 0 aromatic heterocycles. The Morgan fingerprint density at radius 2 is 1.97 bits per heavy atom. The monoisotopic (exact) mass is 455 g/mol. The molecule has 3 rings (SSSR count). The Morgan fingerprint density at radius 1 is 1.29 bits per heavy atom. The molecule has 1 aromatic carbocycles. The molecule has 2 fully saturated rings. The summed E-state index contributed by atoms with van der Waals surface area (Å²) < 4.78 is 44.5. The summed E-state index contributed by atoms with van der Waals surface area (Å²) in [5, 5.41) is 11.7. The second kappa shape index (κ2) is 8.26. The third-order valence-corrected chi connectivity index (χ3v) is 6.18. The summed E-state index contributed by atoms with van der Waals surface area (Å²) in [4.78, 5) is 27.3. The van der Waals surface area contributed by atoms with Gasteiger partial charge in [0.2, 0.25) is 5.91 Å². The van der Waals surface area contributed by atoms with Crippen molar-refractivity contribution in [2.75, 3.05) is 6.54 Å². The average Bonchev–Trinajstić information content (AvgIpc) is 3.29. The van der Waals surface area contributed by atoms with Crippen LogP contribution in [0, 0.1) is 11.3 Å². The number of likely N-dealkylation sites (tertiary alicyclic amines) is 1. The van der Waals surface area contributed by atoms with Gasteiger partial charge in [0.05, 0.1) is 11.6 Å². The molecule has 1 aliphatic heterocycles. The maximum Gasteiger partial charge on any atom is 0.416 e. The van der Waals surface area contributed by atoms with Crippen molar-refractivity contribution >= 4 is 23.8 Å². The van der Waals surface area contributed by atoms with Crippen LogP contribution < -0.4 is 5.32 Å². The van der Waals surface area contributed by atoms with E-state index in [1.165, 1.54) is 22.7 Å². The zero-order valence-electron chi connectivity index (χ0n) is 17.5. The lowest BCUT2D eigenvalue weighted by atomic mass is 10.2. The van der Waals surface area contributed by atoms with E-state index in [0.717, 1.165) is 12.1 Å². The number of carbonyl (C=O) groups excluding carboxylic acids is 2. The molecule has 2 amide bonds. The number of hydrogen-bond donors (Lipinski definition) is 1. The van der Waals surface area contributed by atoms with Crippen molar-refractivity contribution in [3.63, 3.8) is 0 Å². The number of alkyl halides is 3. The highest BCUT2D eigenvalue weighted by molar-refractivity contribution is 8.00. The van der Waals surface area contributed by atoms with Gasteiger partial charge < -0.3 is 10.1 Å². The van der Waals surface area contributed by atoms with Crippen LogP contribution in [0.2, 0.25) is 0 Å². The van der Waals surface area contributed by atoms with E-state index in [2.05, 4.69) is 11.4 Å². The number of thioether (sulfide) groups is 1. The first-order chi connectivity index (χ1) is 14.3. The van der Waals surface area contributed by atoms with E-state index < -0.39 is 40.9 Å². The molecule has 1 N–H and O–H groups in total. The van der Waals surface area contributed by atoms with Crippen molar-refractivity contribution in [2.24, 2.45) is 0 Å². The Hall–Kier alpha value is -2.41. The molecule has 0 radical (unpaired) electrons. The normalized spacial score (nSPS) is 22.5. The van der Waals surface area contributed by atoms with Crippen molar-refractivity contribution < 1.29 is 27.5 Å². The number of ether oxygens (including phenoxy) is 1. The number of nitrogens with zero attached hydrogens (tertiary/aromatic N) is 2. The second-order valence-corrected chi connectivity index (χ2v) is 10.2. The van der Waals surface area contributed by atoms with Crippen LogP contribution in [-0.2, 0) is 15.7 Å². The highest BCUT2D eigenvalue weighted by Gasteiger charge is 2.49. The number of halogens is 3. The molecule has 1 saturated heterocycles. The molecule has 6 nitrogen and oxygen atoms in total. The maximum absolute atomic E-state index is 13.0. The number of nitrogens with one attached hydrogen (secondary N) is 1. The first kappa shape index (κ1) is 23.3. The fourth-order valence-electron chi connectivity index (χ4n) is 3.30. The van der Waals surface area contributed by atoms with Gasteiger partial charge in [-0.15, -0.1) is 11.8 Å². The summed E-state index contributed by atoms with van der Waals surface area (Å²) in [6.07, 6.45) is -3.77. The van der Waals surface area contributed by atoms with Gasteiger partial charge >= 0.3 is 12.3 Å². The summed E-state index contributed by atoms with van der Waals surface area (Å²) in [5.74, 6) is -0.447. The van der Waals surface area contributed by atoms with Crippen molar-refractivity contribution in [1.82, 2.24) is 10.2 Å². The van der Waals surface area contributed by atoms with Crippen LogP contribution in [0.3, 0.4) is 0 Å². The fraction of sp³-hybridized carbons (Fsp3) is 0.571. The lowest BCUT2D eigenvalue weighted by Crippen LogP contribution is -2.50. The van der Waals surface area contributed by atoms with E-state index in [-0.39, 0.29) is 18.2 Å². The molecule has 2 atom stereocenters. The summed E-state index contributed by atoms with van der Waals surface area (Å²) >= 11 is 1.19. The predicted molar refractivity (Wildman–Crippen MR) is 108 cm³/mol. The van der Waals surface area contributed by atoms with Gasteiger partial charge in [-0.05, 0) is 58.2 Å². The SMILES string of the molecule is CC(C)(C)OC(=O)N1C[C@H](Sc2cccc(C(F)(F)F)c2)C[C@H]1C(=O)NC1(C#N)CC1. The van der Waals surface area contributed by atoms with Crippen LogP contribution in [0.25, 0.3) is 0 Å². The molecule has 31 heavy (non-hydrogen) atoms. The Morgan fingerprint density at radius 3 is 2.52 bits per heavy atom. The van der Waals surface area contributed by atoms with E-state index in [0.29, 0.717) is 17.7 Å². The lowest BCUT2D eigenvalue weighted by Gasteiger charge is -2.28. The predicted octanol–water partition coefficient (Wildman–Crippen LogP) is 4.35. The molecule has 0 bridgehead atoms. The Labute approximate surface area is 183 Å². The topological polar surface area (TPSA) is 82.4 Å². The number of amides is 2. The molecule has 1 aliphatic carbocycles. The maximum atomic E-state index is 13.0.